The maximum atomic E-state index is 11.8. The van der Waals surface area contributed by atoms with Crippen LogP contribution in [0.3, 0.4) is 0 Å². The molecule has 0 fully saturated rings. The van der Waals surface area contributed by atoms with Crippen LogP contribution < -0.4 is 0 Å². The van der Waals surface area contributed by atoms with E-state index < -0.39 is 0 Å². The number of carbonyl (C=O) groups is 1. The van der Waals surface area contributed by atoms with E-state index in [4.69, 9.17) is 11.6 Å². The van der Waals surface area contributed by atoms with E-state index in [0.29, 0.717) is 11.4 Å². The molecule has 3 heteroatoms. The third kappa shape index (κ3) is 4.18. The highest BCUT2D eigenvalue weighted by Gasteiger charge is 2.07. The minimum atomic E-state index is 0.0727. The summed E-state index contributed by atoms with van der Waals surface area (Å²) in [5.74, 6) is 0.0727. The Hall–Kier alpha value is -1.13. The van der Waals surface area contributed by atoms with E-state index in [1.807, 2.05) is 54.6 Å². The van der Waals surface area contributed by atoms with Crippen molar-refractivity contribution in [3.63, 3.8) is 0 Å². The molecule has 0 spiro atoms. The van der Waals surface area contributed by atoms with Gasteiger partial charge in [0.1, 0.15) is 0 Å². The van der Waals surface area contributed by atoms with Crippen LogP contribution in [0.5, 0.6) is 0 Å². The van der Waals surface area contributed by atoms with Crippen LogP contribution in [0.1, 0.15) is 18.1 Å². The van der Waals surface area contributed by atoms with Crippen molar-refractivity contribution in [3.05, 3.63) is 73.8 Å². The number of halogens is 2. The van der Waals surface area contributed by atoms with Crippen LogP contribution in [0.2, 0.25) is 5.02 Å². The van der Waals surface area contributed by atoms with Gasteiger partial charge >= 0.3 is 0 Å². The number of rotatable bonds is 4. The fourth-order valence-electron chi connectivity index (χ4n) is 1.88. The quantitative estimate of drug-likeness (QED) is 0.515. The Kier molecular flexibility index (Phi) is 5.38. The summed E-state index contributed by atoms with van der Waals surface area (Å²) in [5.41, 5.74) is 2.77. The smallest absolute Gasteiger partial charge is 0.156 e. The highest BCUT2D eigenvalue weighted by Crippen LogP contribution is 2.20. The molecule has 0 aliphatic carbocycles. The molecule has 2 aromatic rings. The van der Waals surface area contributed by atoms with Gasteiger partial charge in [0.15, 0.2) is 5.78 Å². The number of ketones is 1. The second-order valence-electron chi connectivity index (χ2n) is 4.55. The average molecular weight is 397 g/mol. The standard InChI is InChI=1S/C17H14ClIO/c1-12(20)15(10-13-6-8-16(19)9-7-13)11-14-4-2-3-5-17(14)18/h2-9,11H,10H2,1H3/b15-11+. The molecule has 0 N–H and O–H groups in total. The lowest BCUT2D eigenvalue weighted by Gasteiger charge is -2.06. The van der Waals surface area contributed by atoms with Gasteiger partial charge in [0.2, 0.25) is 0 Å². The van der Waals surface area contributed by atoms with E-state index in [2.05, 4.69) is 22.6 Å². The van der Waals surface area contributed by atoms with Crippen LogP contribution >= 0.6 is 34.2 Å². The van der Waals surface area contributed by atoms with Crippen LogP contribution in [0, 0.1) is 3.57 Å². The topological polar surface area (TPSA) is 17.1 Å². The van der Waals surface area contributed by atoms with E-state index in [1.165, 1.54) is 3.57 Å². The summed E-state index contributed by atoms with van der Waals surface area (Å²) in [6.07, 6.45) is 2.50. The molecular weight excluding hydrogens is 383 g/mol. The summed E-state index contributed by atoms with van der Waals surface area (Å²) in [5, 5.41) is 0.661. The molecule has 0 unspecified atom stereocenters. The van der Waals surface area contributed by atoms with Gasteiger partial charge < -0.3 is 0 Å². The summed E-state index contributed by atoms with van der Waals surface area (Å²) in [4.78, 5) is 11.8. The Labute approximate surface area is 137 Å². The Balaban J connectivity index is 2.30. The van der Waals surface area contributed by atoms with Gasteiger partial charge in [-0.25, -0.2) is 0 Å². The molecule has 0 atom stereocenters. The summed E-state index contributed by atoms with van der Waals surface area (Å²) in [6.45, 7) is 1.59. The van der Waals surface area contributed by atoms with Gasteiger partial charge in [-0.3, -0.25) is 4.79 Å². The number of carbonyl (C=O) groups excluding carboxylic acids is 1. The molecule has 0 aromatic heterocycles. The van der Waals surface area contributed by atoms with Crippen LogP contribution in [-0.2, 0) is 11.2 Å². The Morgan fingerprint density at radius 1 is 1.15 bits per heavy atom. The molecule has 0 saturated carbocycles. The highest BCUT2D eigenvalue weighted by atomic mass is 127. The molecule has 0 saturated heterocycles. The molecule has 0 bridgehead atoms. The van der Waals surface area contributed by atoms with Gasteiger partial charge in [0.05, 0.1) is 0 Å². The van der Waals surface area contributed by atoms with Gasteiger partial charge in [-0.15, -0.1) is 0 Å². The van der Waals surface area contributed by atoms with Gasteiger partial charge in [-0.2, -0.15) is 0 Å². The fraction of sp³-hybridized carbons (Fsp3) is 0.118. The second-order valence-corrected chi connectivity index (χ2v) is 6.20. The third-order valence-electron chi connectivity index (χ3n) is 2.99. The number of hydrogen-bond donors (Lipinski definition) is 0. The van der Waals surface area contributed by atoms with E-state index in [0.717, 1.165) is 16.7 Å². The first kappa shape index (κ1) is 15.3. The molecule has 1 nitrogen and oxygen atoms in total. The van der Waals surface area contributed by atoms with Crippen molar-refractivity contribution in [2.24, 2.45) is 0 Å². The molecule has 0 amide bonds. The maximum Gasteiger partial charge on any atom is 0.156 e. The zero-order valence-electron chi connectivity index (χ0n) is 11.1. The van der Waals surface area contributed by atoms with Gasteiger partial charge in [0.25, 0.3) is 0 Å². The Morgan fingerprint density at radius 2 is 1.80 bits per heavy atom. The van der Waals surface area contributed by atoms with Gasteiger partial charge in [-0.1, -0.05) is 41.9 Å². The van der Waals surface area contributed by atoms with Crippen LogP contribution in [0.15, 0.2) is 54.1 Å². The first-order valence-electron chi connectivity index (χ1n) is 6.27. The minimum Gasteiger partial charge on any atom is -0.295 e. The van der Waals surface area contributed by atoms with Crippen LogP contribution in [-0.4, -0.2) is 5.78 Å². The first-order chi connectivity index (χ1) is 9.56. The van der Waals surface area contributed by atoms with Crippen molar-refractivity contribution in [3.8, 4) is 0 Å². The van der Waals surface area contributed by atoms with E-state index in [1.54, 1.807) is 6.92 Å². The third-order valence-corrected chi connectivity index (χ3v) is 4.06. The second kappa shape index (κ2) is 7.04. The number of allylic oxidation sites excluding steroid dienone is 1. The van der Waals surface area contributed by atoms with E-state index in [9.17, 15) is 4.79 Å². The molecule has 20 heavy (non-hydrogen) atoms. The summed E-state index contributed by atoms with van der Waals surface area (Å²) in [7, 11) is 0. The summed E-state index contributed by atoms with van der Waals surface area (Å²) in [6, 6.07) is 15.7. The maximum absolute atomic E-state index is 11.8. The monoisotopic (exact) mass is 396 g/mol. The van der Waals surface area contributed by atoms with Crippen LogP contribution in [0.4, 0.5) is 0 Å². The lowest BCUT2D eigenvalue weighted by Crippen LogP contribution is -2.01. The normalized spacial score (nSPS) is 11.4. The Bertz CT molecular complexity index is 644. The van der Waals surface area contributed by atoms with Crippen molar-refractivity contribution in [2.75, 3.05) is 0 Å². The molecule has 102 valence electrons. The first-order valence-corrected chi connectivity index (χ1v) is 7.72. The van der Waals surface area contributed by atoms with E-state index >= 15 is 0 Å². The van der Waals surface area contributed by atoms with Crippen molar-refractivity contribution in [2.45, 2.75) is 13.3 Å². The molecule has 2 rings (SSSR count). The largest absolute Gasteiger partial charge is 0.295 e. The minimum absolute atomic E-state index is 0.0727. The van der Waals surface area contributed by atoms with Gasteiger partial charge in [0, 0.05) is 15.0 Å². The molecule has 0 radical (unpaired) electrons. The van der Waals surface area contributed by atoms with Crippen molar-refractivity contribution < 1.29 is 4.79 Å². The van der Waals surface area contributed by atoms with E-state index in [-0.39, 0.29) is 5.78 Å². The SMILES string of the molecule is CC(=O)/C(=C/c1ccccc1Cl)Cc1ccc(I)cc1. The van der Waals surface area contributed by atoms with Crippen LogP contribution in [0.25, 0.3) is 6.08 Å². The van der Waals surface area contributed by atoms with Gasteiger partial charge in [-0.05, 0) is 70.5 Å². The molecule has 0 aliphatic rings. The fourth-order valence-corrected chi connectivity index (χ4v) is 2.43. The number of benzene rings is 2. The molecule has 2 aromatic carbocycles. The zero-order valence-corrected chi connectivity index (χ0v) is 14.0. The van der Waals surface area contributed by atoms with Crippen molar-refractivity contribution in [1.82, 2.24) is 0 Å². The lowest BCUT2D eigenvalue weighted by atomic mass is 10.00. The predicted molar refractivity (Wildman–Crippen MR) is 93.0 cm³/mol. The molecular formula is C17H14ClIO. The Morgan fingerprint density at radius 3 is 2.40 bits per heavy atom. The average Bonchev–Trinajstić information content (AvgIpc) is 2.42. The van der Waals surface area contributed by atoms with Crippen molar-refractivity contribution in [1.29, 1.82) is 0 Å². The predicted octanol–water partition coefficient (Wildman–Crippen LogP) is 5.16. The number of hydrogen-bond acceptors (Lipinski definition) is 1. The highest BCUT2D eigenvalue weighted by molar-refractivity contribution is 14.1. The molecule has 0 heterocycles. The number of Topliss-reactive ketones (excluding diaryl/α,β-unsaturated/α-hetero) is 1. The zero-order chi connectivity index (χ0) is 14.5. The lowest BCUT2D eigenvalue weighted by molar-refractivity contribution is -0.113. The summed E-state index contributed by atoms with van der Waals surface area (Å²) >= 11 is 8.41. The molecule has 0 aliphatic heterocycles. The van der Waals surface area contributed by atoms with Crippen molar-refractivity contribution >= 4 is 46.1 Å². The summed E-state index contributed by atoms with van der Waals surface area (Å²) < 4.78 is 1.19.